The van der Waals surface area contributed by atoms with Crippen molar-refractivity contribution in [2.24, 2.45) is 5.92 Å². The molecular formula is C27H46N4O5S2. The van der Waals surface area contributed by atoms with E-state index in [1.807, 2.05) is 64.3 Å². The molecule has 9 nitrogen and oxygen atoms in total. The van der Waals surface area contributed by atoms with Gasteiger partial charge in [0.15, 0.2) is 0 Å². The molecule has 1 aliphatic heterocycles. The molecule has 1 aliphatic rings. The molecule has 0 saturated carbocycles. The monoisotopic (exact) mass is 570 g/mol. The van der Waals surface area contributed by atoms with E-state index < -0.39 is 38.9 Å². The minimum absolute atomic E-state index is 0.0664. The molecule has 1 aromatic rings. The third-order valence-electron chi connectivity index (χ3n) is 6.87. The van der Waals surface area contributed by atoms with Crippen LogP contribution in [0.4, 0.5) is 0 Å². The van der Waals surface area contributed by atoms with E-state index in [2.05, 4.69) is 15.5 Å². The number of rotatable bonds is 15. The van der Waals surface area contributed by atoms with Crippen LogP contribution in [0, 0.1) is 5.92 Å². The van der Waals surface area contributed by atoms with Crippen LogP contribution in [0.3, 0.4) is 0 Å². The van der Waals surface area contributed by atoms with Crippen molar-refractivity contribution in [2.75, 3.05) is 45.2 Å². The Morgan fingerprint density at radius 2 is 1.71 bits per heavy atom. The number of amides is 2. The highest BCUT2D eigenvalue weighted by Gasteiger charge is 2.38. The standard InChI is InChI=1S/C27H46N4O5S2/c1-20(2)17-31(38(6,35)36)18-23(32)22(16-21-12-8-7-9-13-21)28-26(34)25(27(3,4)37-5)29-24(33)19-30-14-10-11-15-30/h7-9,12-13,20,22-23,25,32H,10-11,14-19H2,1-6H3,(H,28,34)(H,29,33). The lowest BCUT2D eigenvalue weighted by atomic mass is 9.98. The van der Waals surface area contributed by atoms with Crippen molar-refractivity contribution in [2.45, 2.75) is 69.9 Å². The lowest BCUT2D eigenvalue weighted by molar-refractivity contribution is -0.131. The van der Waals surface area contributed by atoms with E-state index in [0.717, 1.165) is 37.8 Å². The minimum atomic E-state index is -3.57. The van der Waals surface area contributed by atoms with Gasteiger partial charge in [0.2, 0.25) is 21.8 Å². The molecule has 1 aromatic carbocycles. The number of nitrogens with one attached hydrogen (secondary N) is 2. The predicted molar refractivity (Wildman–Crippen MR) is 155 cm³/mol. The fourth-order valence-electron chi connectivity index (χ4n) is 4.53. The zero-order valence-corrected chi connectivity index (χ0v) is 25.3. The second kappa shape index (κ2) is 14.6. The summed E-state index contributed by atoms with van der Waals surface area (Å²) in [7, 11) is -3.57. The number of aliphatic hydroxyl groups excluding tert-OH is 1. The van der Waals surface area contributed by atoms with Gasteiger partial charge < -0.3 is 15.7 Å². The molecular weight excluding hydrogens is 524 g/mol. The molecule has 11 heteroatoms. The number of hydrogen-bond donors (Lipinski definition) is 3. The first kappa shape index (κ1) is 32.6. The lowest BCUT2D eigenvalue weighted by Crippen LogP contribution is -2.61. The van der Waals surface area contributed by atoms with Crippen molar-refractivity contribution in [3.05, 3.63) is 35.9 Å². The molecule has 0 radical (unpaired) electrons. The third kappa shape index (κ3) is 10.5. The van der Waals surface area contributed by atoms with Crippen molar-refractivity contribution < 1.29 is 23.1 Å². The topological polar surface area (TPSA) is 119 Å². The van der Waals surface area contributed by atoms with Crippen molar-refractivity contribution >= 4 is 33.6 Å². The largest absolute Gasteiger partial charge is 0.390 e. The SMILES string of the molecule is CSC(C)(C)C(NC(=O)CN1CCCC1)C(=O)NC(Cc1ccccc1)C(O)CN(CC(C)C)S(C)(=O)=O. The Morgan fingerprint density at radius 1 is 1.11 bits per heavy atom. The van der Waals surface area contributed by atoms with Gasteiger partial charge >= 0.3 is 0 Å². The number of thioether (sulfide) groups is 1. The quantitative estimate of drug-likeness (QED) is 0.294. The highest BCUT2D eigenvalue weighted by atomic mass is 32.2. The van der Waals surface area contributed by atoms with Crippen LogP contribution >= 0.6 is 11.8 Å². The zero-order valence-electron chi connectivity index (χ0n) is 23.6. The van der Waals surface area contributed by atoms with Gasteiger partial charge in [-0.2, -0.15) is 16.1 Å². The number of benzene rings is 1. The summed E-state index contributed by atoms with van der Waals surface area (Å²) in [5.74, 6) is -0.556. The van der Waals surface area contributed by atoms with E-state index >= 15 is 0 Å². The Kier molecular flexibility index (Phi) is 12.5. The molecule has 1 heterocycles. The van der Waals surface area contributed by atoms with Crippen LogP contribution in [0.5, 0.6) is 0 Å². The fraction of sp³-hybridized carbons (Fsp3) is 0.704. The minimum Gasteiger partial charge on any atom is -0.390 e. The molecule has 0 spiro atoms. The number of hydrogen-bond acceptors (Lipinski definition) is 7. The summed E-state index contributed by atoms with van der Waals surface area (Å²) in [6.45, 7) is 9.71. The molecule has 3 atom stereocenters. The molecule has 0 bridgehead atoms. The van der Waals surface area contributed by atoms with Gasteiger partial charge in [0.25, 0.3) is 0 Å². The molecule has 2 amide bonds. The van der Waals surface area contributed by atoms with Crippen LogP contribution in [0.25, 0.3) is 0 Å². The van der Waals surface area contributed by atoms with Crippen LogP contribution in [0.15, 0.2) is 30.3 Å². The number of nitrogens with zero attached hydrogens (tertiary/aromatic N) is 2. The Morgan fingerprint density at radius 3 is 2.24 bits per heavy atom. The molecule has 38 heavy (non-hydrogen) atoms. The van der Waals surface area contributed by atoms with E-state index in [1.165, 1.54) is 16.1 Å². The summed E-state index contributed by atoms with van der Waals surface area (Å²) < 4.78 is 25.5. The van der Waals surface area contributed by atoms with E-state index in [4.69, 9.17) is 0 Å². The molecule has 3 unspecified atom stereocenters. The molecule has 0 aromatic heterocycles. The predicted octanol–water partition coefficient (Wildman–Crippen LogP) is 1.71. The summed E-state index contributed by atoms with van der Waals surface area (Å²) >= 11 is 1.47. The Bertz CT molecular complexity index is 998. The number of aliphatic hydroxyl groups is 1. The van der Waals surface area contributed by atoms with Gasteiger partial charge in [0, 0.05) is 17.8 Å². The van der Waals surface area contributed by atoms with Gasteiger partial charge in [-0.25, -0.2) is 8.42 Å². The first-order valence-electron chi connectivity index (χ1n) is 13.3. The van der Waals surface area contributed by atoms with Crippen LogP contribution in [-0.4, -0.2) is 103 Å². The molecule has 1 saturated heterocycles. The summed E-state index contributed by atoms with van der Waals surface area (Å²) in [4.78, 5) is 28.6. The summed E-state index contributed by atoms with van der Waals surface area (Å²) in [5, 5.41) is 17.2. The average molecular weight is 571 g/mol. The average Bonchev–Trinajstić information content (AvgIpc) is 3.34. The van der Waals surface area contributed by atoms with Gasteiger partial charge in [-0.1, -0.05) is 44.2 Å². The Balaban J connectivity index is 2.27. The number of carbonyl (C=O) groups excluding carboxylic acids is 2. The van der Waals surface area contributed by atoms with Gasteiger partial charge in [0.1, 0.15) is 6.04 Å². The van der Waals surface area contributed by atoms with Crippen LogP contribution in [0.2, 0.25) is 0 Å². The van der Waals surface area contributed by atoms with Gasteiger partial charge in [-0.3, -0.25) is 14.5 Å². The highest BCUT2D eigenvalue weighted by Crippen LogP contribution is 2.26. The lowest BCUT2D eigenvalue weighted by Gasteiger charge is -2.35. The number of sulfonamides is 1. The van der Waals surface area contributed by atoms with Crippen molar-refractivity contribution in [1.82, 2.24) is 19.8 Å². The fourth-order valence-corrected chi connectivity index (χ4v) is 5.92. The van der Waals surface area contributed by atoms with Crippen molar-refractivity contribution in [3.8, 4) is 0 Å². The van der Waals surface area contributed by atoms with E-state index in [0.29, 0.717) is 6.42 Å². The van der Waals surface area contributed by atoms with E-state index in [1.54, 1.807) is 0 Å². The maximum Gasteiger partial charge on any atom is 0.244 e. The van der Waals surface area contributed by atoms with Gasteiger partial charge in [-0.15, -0.1) is 0 Å². The van der Waals surface area contributed by atoms with E-state index in [-0.39, 0.29) is 31.5 Å². The maximum absolute atomic E-state index is 13.7. The molecule has 3 N–H and O–H groups in total. The highest BCUT2D eigenvalue weighted by molar-refractivity contribution is 8.00. The molecule has 2 rings (SSSR count). The Hall–Kier alpha value is -1.66. The van der Waals surface area contributed by atoms with Crippen molar-refractivity contribution in [1.29, 1.82) is 0 Å². The second-order valence-corrected chi connectivity index (χ2v) is 14.6. The normalized spacial score (nSPS) is 17.4. The smallest absolute Gasteiger partial charge is 0.244 e. The number of carbonyl (C=O) groups is 2. The van der Waals surface area contributed by atoms with Crippen molar-refractivity contribution in [3.63, 3.8) is 0 Å². The maximum atomic E-state index is 13.7. The Labute approximate surface area is 233 Å². The van der Waals surface area contributed by atoms with Gasteiger partial charge in [-0.05, 0) is 63.9 Å². The molecule has 1 fully saturated rings. The van der Waals surface area contributed by atoms with Crippen LogP contribution in [0.1, 0.15) is 46.1 Å². The van der Waals surface area contributed by atoms with E-state index in [9.17, 15) is 23.1 Å². The van der Waals surface area contributed by atoms with Crippen LogP contribution < -0.4 is 10.6 Å². The second-order valence-electron chi connectivity index (χ2n) is 11.1. The number of likely N-dealkylation sites (tertiary alicyclic amines) is 1. The summed E-state index contributed by atoms with van der Waals surface area (Å²) in [6, 6.07) is 7.82. The zero-order chi connectivity index (χ0) is 28.5. The first-order chi connectivity index (χ1) is 17.7. The van der Waals surface area contributed by atoms with Gasteiger partial charge in [0.05, 0.1) is 24.9 Å². The third-order valence-corrected chi connectivity index (χ3v) is 9.40. The summed E-state index contributed by atoms with van der Waals surface area (Å²) in [5.41, 5.74) is 0.894. The summed E-state index contributed by atoms with van der Waals surface area (Å²) in [6.07, 6.45) is 4.29. The molecule has 216 valence electrons. The van der Waals surface area contributed by atoms with Crippen LogP contribution in [-0.2, 0) is 26.0 Å². The first-order valence-corrected chi connectivity index (χ1v) is 16.3. The molecule has 0 aliphatic carbocycles.